The van der Waals surface area contributed by atoms with Crippen molar-refractivity contribution in [1.29, 1.82) is 0 Å². The number of nitrogens with zero attached hydrogens (tertiary/aromatic N) is 1. The van der Waals surface area contributed by atoms with Crippen LogP contribution in [-0.4, -0.2) is 37.4 Å². The van der Waals surface area contributed by atoms with Crippen molar-refractivity contribution in [3.8, 4) is 5.75 Å². The SMILES string of the molecule is COc1ccc(NC(=O)c2ccccc2NC(=O)CN(C)Cc2ccco2)cc1. The van der Waals surface area contributed by atoms with E-state index in [9.17, 15) is 9.59 Å². The molecule has 0 atom stereocenters. The van der Waals surface area contributed by atoms with Gasteiger partial charge in [-0.2, -0.15) is 0 Å². The average Bonchev–Trinajstić information content (AvgIpc) is 3.21. The molecule has 29 heavy (non-hydrogen) atoms. The number of nitrogens with one attached hydrogen (secondary N) is 2. The highest BCUT2D eigenvalue weighted by atomic mass is 16.5. The van der Waals surface area contributed by atoms with Crippen LogP contribution in [0.3, 0.4) is 0 Å². The van der Waals surface area contributed by atoms with Crippen molar-refractivity contribution >= 4 is 23.2 Å². The van der Waals surface area contributed by atoms with Crippen molar-refractivity contribution < 1.29 is 18.7 Å². The van der Waals surface area contributed by atoms with Crippen molar-refractivity contribution in [3.05, 3.63) is 78.3 Å². The van der Waals surface area contributed by atoms with Crippen molar-refractivity contribution in [2.45, 2.75) is 6.54 Å². The zero-order chi connectivity index (χ0) is 20.6. The van der Waals surface area contributed by atoms with E-state index in [2.05, 4.69) is 10.6 Å². The number of furan rings is 1. The molecule has 0 bridgehead atoms. The molecule has 1 aromatic heterocycles. The summed E-state index contributed by atoms with van der Waals surface area (Å²) in [5.41, 5.74) is 1.47. The standard InChI is InChI=1S/C22H23N3O4/c1-25(14-18-6-5-13-29-18)15-21(26)24-20-8-4-3-7-19(20)22(27)23-16-9-11-17(28-2)12-10-16/h3-13H,14-15H2,1-2H3,(H,23,27)(H,24,26). The fourth-order valence-electron chi connectivity index (χ4n) is 2.82. The molecule has 0 saturated heterocycles. The molecule has 0 aliphatic heterocycles. The lowest BCUT2D eigenvalue weighted by atomic mass is 10.1. The van der Waals surface area contributed by atoms with Crippen LogP contribution >= 0.6 is 0 Å². The lowest BCUT2D eigenvalue weighted by molar-refractivity contribution is -0.117. The number of likely N-dealkylation sites (N-methyl/N-ethyl adjacent to an activating group) is 1. The molecular formula is C22H23N3O4. The molecule has 0 aliphatic carbocycles. The van der Waals surface area contributed by atoms with Gasteiger partial charge in [-0.15, -0.1) is 0 Å². The highest BCUT2D eigenvalue weighted by Gasteiger charge is 2.15. The van der Waals surface area contributed by atoms with Gasteiger partial charge in [-0.25, -0.2) is 0 Å². The van der Waals surface area contributed by atoms with E-state index in [1.807, 2.05) is 18.0 Å². The molecular weight excluding hydrogens is 370 g/mol. The number of hydrogen-bond donors (Lipinski definition) is 2. The second-order valence-corrected chi connectivity index (χ2v) is 6.53. The van der Waals surface area contributed by atoms with Crippen molar-refractivity contribution in [1.82, 2.24) is 4.90 Å². The van der Waals surface area contributed by atoms with Gasteiger partial charge in [0, 0.05) is 5.69 Å². The van der Waals surface area contributed by atoms with Crippen LogP contribution in [0.15, 0.2) is 71.3 Å². The summed E-state index contributed by atoms with van der Waals surface area (Å²) in [5, 5.41) is 5.64. The minimum absolute atomic E-state index is 0.162. The van der Waals surface area contributed by atoms with Gasteiger partial charge in [-0.3, -0.25) is 14.5 Å². The number of amides is 2. The normalized spacial score (nSPS) is 10.6. The highest BCUT2D eigenvalue weighted by molar-refractivity contribution is 6.10. The largest absolute Gasteiger partial charge is 0.497 e. The van der Waals surface area contributed by atoms with Gasteiger partial charge in [-0.1, -0.05) is 12.1 Å². The molecule has 1 heterocycles. The monoisotopic (exact) mass is 393 g/mol. The Labute approximate surface area is 169 Å². The van der Waals surface area contributed by atoms with E-state index < -0.39 is 0 Å². The van der Waals surface area contributed by atoms with Crippen molar-refractivity contribution in [2.75, 3.05) is 31.3 Å². The predicted octanol–water partition coefficient (Wildman–Crippen LogP) is 3.61. The number of hydrogen-bond acceptors (Lipinski definition) is 5. The third-order valence-corrected chi connectivity index (χ3v) is 4.21. The summed E-state index contributed by atoms with van der Waals surface area (Å²) >= 11 is 0. The number of methoxy groups -OCH3 is 1. The number of benzene rings is 2. The smallest absolute Gasteiger partial charge is 0.257 e. The zero-order valence-electron chi connectivity index (χ0n) is 16.3. The number of carbonyl (C=O) groups is 2. The summed E-state index contributed by atoms with van der Waals surface area (Å²) in [6.45, 7) is 0.676. The Hall–Kier alpha value is -3.58. The summed E-state index contributed by atoms with van der Waals surface area (Å²) in [6.07, 6.45) is 1.60. The number of rotatable bonds is 8. The summed E-state index contributed by atoms with van der Waals surface area (Å²) in [7, 11) is 3.41. The number of carbonyl (C=O) groups excluding carboxylic acids is 2. The zero-order valence-corrected chi connectivity index (χ0v) is 16.3. The number of ether oxygens (including phenoxy) is 1. The molecule has 7 heteroatoms. The van der Waals surface area contributed by atoms with Gasteiger partial charge < -0.3 is 19.8 Å². The lowest BCUT2D eigenvalue weighted by Crippen LogP contribution is -2.30. The first-order valence-corrected chi connectivity index (χ1v) is 9.10. The fraction of sp³-hybridized carbons (Fsp3) is 0.182. The van der Waals surface area contributed by atoms with Crippen LogP contribution in [0.5, 0.6) is 5.75 Å². The van der Waals surface area contributed by atoms with Gasteiger partial charge in [0.05, 0.1) is 37.7 Å². The molecule has 0 saturated carbocycles. The minimum atomic E-state index is -0.310. The Bertz CT molecular complexity index is 952. The summed E-state index contributed by atoms with van der Waals surface area (Å²) in [6, 6.07) is 17.6. The Morgan fingerprint density at radius 2 is 1.76 bits per heavy atom. The Morgan fingerprint density at radius 1 is 1.00 bits per heavy atom. The van der Waals surface area contributed by atoms with Gasteiger partial charge in [0.25, 0.3) is 5.91 Å². The second kappa shape index (κ2) is 9.57. The van der Waals surface area contributed by atoms with E-state index in [-0.39, 0.29) is 18.4 Å². The molecule has 2 N–H and O–H groups in total. The maximum Gasteiger partial charge on any atom is 0.257 e. The van der Waals surface area contributed by atoms with Gasteiger partial charge in [0.1, 0.15) is 11.5 Å². The maximum atomic E-state index is 12.7. The Morgan fingerprint density at radius 3 is 2.45 bits per heavy atom. The van der Waals surface area contributed by atoms with Crippen LogP contribution in [0, 0.1) is 0 Å². The molecule has 0 unspecified atom stereocenters. The molecule has 3 rings (SSSR count). The van der Waals surface area contributed by atoms with E-state index >= 15 is 0 Å². The van der Waals surface area contributed by atoms with Crippen LogP contribution < -0.4 is 15.4 Å². The lowest BCUT2D eigenvalue weighted by Gasteiger charge is -2.16. The molecule has 0 spiro atoms. The van der Waals surface area contributed by atoms with E-state index in [0.717, 1.165) is 5.76 Å². The summed E-state index contributed by atoms with van der Waals surface area (Å²) in [4.78, 5) is 26.9. The van der Waals surface area contributed by atoms with Gasteiger partial charge in [-0.05, 0) is 55.6 Å². The summed E-state index contributed by atoms with van der Waals surface area (Å²) in [5.74, 6) is 0.952. The molecule has 7 nitrogen and oxygen atoms in total. The van der Waals surface area contributed by atoms with Crippen LogP contribution in [0.1, 0.15) is 16.1 Å². The topological polar surface area (TPSA) is 83.8 Å². The van der Waals surface area contributed by atoms with Crippen molar-refractivity contribution in [2.24, 2.45) is 0 Å². The molecule has 0 fully saturated rings. The first-order valence-electron chi connectivity index (χ1n) is 9.10. The third kappa shape index (κ3) is 5.70. The van der Waals surface area contributed by atoms with E-state index in [1.165, 1.54) is 0 Å². The van der Waals surface area contributed by atoms with Crippen molar-refractivity contribution in [3.63, 3.8) is 0 Å². The van der Waals surface area contributed by atoms with Crippen LogP contribution in [0.4, 0.5) is 11.4 Å². The van der Waals surface area contributed by atoms with Crippen LogP contribution in [0.2, 0.25) is 0 Å². The Balaban J connectivity index is 1.62. The predicted molar refractivity (Wildman–Crippen MR) is 111 cm³/mol. The fourth-order valence-corrected chi connectivity index (χ4v) is 2.82. The first-order chi connectivity index (χ1) is 14.0. The van der Waals surface area contributed by atoms with Gasteiger partial charge >= 0.3 is 0 Å². The molecule has 3 aromatic rings. The Kier molecular flexibility index (Phi) is 6.65. The quantitative estimate of drug-likeness (QED) is 0.611. The van der Waals surface area contributed by atoms with Crippen LogP contribution in [0.25, 0.3) is 0 Å². The average molecular weight is 393 g/mol. The second-order valence-electron chi connectivity index (χ2n) is 6.53. The molecule has 0 aliphatic rings. The molecule has 2 amide bonds. The minimum Gasteiger partial charge on any atom is -0.497 e. The van der Waals surface area contributed by atoms with E-state index in [1.54, 1.807) is 68.0 Å². The van der Waals surface area contributed by atoms with E-state index in [4.69, 9.17) is 9.15 Å². The van der Waals surface area contributed by atoms with Gasteiger partial charge in [0.2, 0.25) is 5.91 Å². The molecule has 150 valence electrons. The first kappa shape index (κ1) is 20.2. The molecule has 2 aromatic carbocycles. The number of para-hydroxylation sites is 1. The molecule has 0 radical (unpaired) electrons. The third-order valence-electron chi connectivity index (χ3n) is 4.21. The van der Waals surface area contributed by atoms with Gasteiger partial charge in [0.15, 0.2) is 0 Å². The maximum absolute atomic E-state index is 12.7. The number of anilines is 2. The van der Waals surface area contributed by atoms with Crippen LogP contribution in [-0.2, 0) is 11.3 Å². The summed E-state index contributed by atoms with van der Waals surface area (Å²) < 4.78 is 10.4. The highest BCUT2D eigenvalue weighted by Crippen LogP contribution is 2.19. The van der Waals surface area contributed by atoms with E-state index in [0.29, 0.717) is 29.2 Å².